The third kappa shape index (κ3) is 5.16. The highest BCUT2D eigenvalue weighted by molar-refractivity contribution is 6.31. The van der Waals surface area contributed by atoms with E-state index in [1.54, 1.807) is 0 Å². The van der Waals surface area contributed by atoms with E-state index in [-0.39, 0.29) is 11.9 Å². The molecule has 2 aromatic rings. The predicted molar refractivity (Wildman–Crippen MR) is 114 cm³/mol. The zero-order valence-corrected chi connectivity index (χ0v) is 17.5. The number of carbonyl (C=O) groups is 1. The number of amides is 1. The zero-order valence-electron chi connectivity index (χ0n) is 16.7. The molecule has 2 fully saturated rings. The van der Waals surface area contributed by atoms with Crippen molar-refractivity contribution in [1.82, 2.24) is 14.8 Å². The summed E-state index contributed by atoms with van der Waals surface area (Å²) in [5, 5.41) is 0.769. The molecule has 1 amide bonds. The summed E-state index contributed by atoms with van der Waals surface area (Å²) in [4.78, 5) is 21.9. The Morgan fingerprint density at radius 2 is 1.93 bits per heavy atom. The quantitative estimate of drug-likeness (QED) is 0.749. The summed E-state index contributed by atoms with van der Waals surface area (Å²) in [7, 11) is 0. The van der Waals surface area contributed by atoms with Gasteiger partial charge < -0.3 is 9.64 Å². The highest BCUT2D eigenvalue weighted by atomic mass is 35.5. The second kappa shape index (κ2) is 9.70. The lowest BCUT2D eigenvalue weighted by atomic mass is 9.95. The molecule has 2 aliphatic heterocycles. The number of benzene rings is 1. The molecule has 0 unspecified atom stereocenters. The Kier molecular flexibility index (Phi) is 6.80. The number of hydrogen-bond acceptors (Lipinski definition) is 4. The van der Waals surface area contributed by atoms with Crippen molar-refractivity contribution < 1.29 is 9.53 Å². The maximum Gasteiger partial charge on any atom is 0.237 e. The van der Waals surface area contributed by atoms with E-state index in [1.807, 2.05) is 30.5 Å². The monoisotopic (exact) mass is 413 g/mol. The second-order valence-electron chi connectivity index (χ2n) is 7.84. The summed E-state index contributed by atoms with van der Waals surface area (Å²) in [6.07, 6.45) is 5.87. The van der Waals surface area contributed by atoms with Gasteiger partial charge in [-0.05, 0) is 42.5 Å². The molecule has 0 bridgehead atoms. The Labute approximate surface area is 177 Å². The van der Waals surface area contributed by atoms with Crippen molar-refractivity contribution in [3.8, 4) is 0 Å². The van der Waals surface area contributed by atoms with Gasteiger partial charge in [-0.15, -0.1) is 0 Å². The first-order chi connectivity index (χ1) is 14.2. The van der Waals surface area contributed by atoms with Gasteiger partial charge in [-0.3, -0.25) is 14.7 Å². The minimum absolute atomic E-state index is 0.124. The number of morpholine rings is 1. The third-order valence-corrected chi connectivity index (χ3v) is 6.22. The predicted octanol–water partition coefficient (Wildman–Crippen LogP) is 3.71. The standard InChI is InChI=1S/C23H28ClN3O2/c24-21-6-2-1-5-18(21)15-20-9-8-19(16-25-20)22-7-3-4-10-27(22)23(28)17-26-11-13-29-14-12-26/h1-2,5-6,8-9,16,22H,3-4,7,10-15,17H2/t22-/m1/s1. The number of pyridine rings is 1. The molecule has 29 heavy (non-hydrogen) atoms. The van der Waals surface area contributed by atoms with Crippen molar-refractivity contribution in [2.24, 2.45) is 0 Å². The number of carbonyl (C=O) groups excluding carboxylic acids is 1. The van der Waals surface area contributed by atoms with Gasteiger partial charge in [0.1, 0.15) is 0 Å². The van der Waals surface area contributed by atoms with Crippen LogP contribution in [0.25, 0.3) is 0 Å². The van der Waals surface area contributed by atoms with E-state index < -0.39 is 0 Å². The molecular weight excluding hydrogens is 386 g/mol. The molecule has 1 aromatic heterocycles. The number of ether oxygens (including phenoxy) is 1. The van der Waals surface area contributed by atoms with Crippen molar-refractivity contribution >= 4 is 17.5 Å². The molecule has 154 valence electrons. The first-order valence-electron chi connectivity index (χ1n) is 10.5. The van der Waals surface area contributed by atoms with E-state index in [4.69, 9.17) is 16.3 Å². The van der Waals surface area contributed by atoms with Crippen LogP contribution in [-0.2, 0) is 16.0 Å². The fourth-order valence-corrected chi connectivity index (χ4v) is 4.40. The highest BCUT2D eigenvalue weighted by Gasteiger charge is 2.29. The number of nitrogens with zero attached hydrogens (tertiary/aromatic N) is 3. The van der Waals surface area contributed by atoms with Gasteiger partial charge in [0, 0.05) is 43.0 Å². The van der Waals surface area contributed by atoms with E-state index in [2.05, 4.69) is 26.9 Å². The number of likely N-dealkylation sites (tertiary alicyclic amines) is 1. The van der Waals surface area contributed by atoms with Gasteiger partial charge in [0.15, 0.2) is 0 Å². The van der Waals surface area contributed by atoms with Crippen LogP contribution in [-0.4, -0.2) is 60.1 Å². The Morgan fingerprint density at radius 3 is 2.69 bits per heavy atom. The van der Waals surface area contributed by atoms with Gasteiger partial charge >= 0.3 is 0 Å². The number of aromatic nitrogens is 1. The normalized spacial score (nSPS) is 20.6. The lowest BCUT2D eigenvalue weighted by Gasteiger charge is -2.37. The van der Waals surface area contributed by atoms with E-state index in [0.29, 0.717) is 26.2 Å². The molecule has 6 heteroatoms. The van der Waals surface area contributed by atoms with Crippen LogP contribution >= 0.6 is 11.6 Å². The summed E-state index contributed by atoms with van der Waals surface area (Å²) in [6, 6.07) is 12.2. The molecule has 1 atom stereocenters. The van der Waals surface area contributed by atoms with E-state index in [0.717, 1.165) is 60.7 Å². The van der Waals surface area contributed by atoms with Crippen molar-refractivity contribution in [3.63, 3.8) is 0 Å². The van der Waals surface area contributed by atoms with Crippen molar-refractivity contribution in [2.75, 3.05) is 39.4 Å². The Bertz CT molecular complexity index is 821. The van der Waals surface area contributed by atoms with Crippen LogP contribution < -0.4 is 0 Å². The first kappa shape index (κ1) is 20.3. The van der Waals surface area contributed by atoms with Gasteiger partial charge in [-0.25, -0.2) is 0 Å². The average Bonchev–Trinajstić information content (AvgIpc) is 2.77. The van der Waals surface area contributed by atoms with Crippen LogP contribution in [0, 0.1) is 0 Å². The van der Waals surface area contributed by atoms with Crippen molar-refractivity contribution in [1.29, 1.82) is 0 Å². The molecule has 4 rings (SSSR count). The van der Waals surface area contributed by atoms with Crippen molar-refractivity contribution in [2.45, 2.75) is 31.7 Å². The minimum atomic E-state index is 0.124. The van der Waals surface area contributed by atoms with Gasteiger partial charge in [0.05, 0.1) is 25.8 Å². The SMILES string of the molecule is O=C(CN1CCOCC1)N1CCCC[C@@H]1c1ccc(Cc2ccccc2Cl)nc1. The van der Waals surface area contributed by atoms with E-state index in [9.17, 15) is 4.79 Å². The van der Waals surface area contributed by atoms with Crippen LogP contribution in [0.3, 0.4) is 0 Å². The number of rotatable bonds is 5. The largest absolute Gasteiger partial charge is 0.379 e. The Morgan fingerprint density at radius 1 is 1.10 bits per heavy atom. The molecule has 5 nitrogen and oxygen atoms in total. The summed E-state index contributed by atoms with van der Waals surface area (Å²) in [5.41, 5.74) is 3.20. The van der Waals surface area contributed by atoms with Gasteiger partial charge in [0.2, 0.25) is 5.91 Å². The molecule has 1 aromatic carbocycles. The minimum Gasteiger partial charge on any atom is -0.379 e. The topological polar surface area (TPSA) is 45.7 Å². The molecule has 2 aliphatic rings. The van der Waals surface area contributed by atoms with Gasteiger partial charge in [-0.1, -0.05) is 35.9 Å². The Balaban J connectivity index is 1.43. The fraction of sp³-hybridized carbons (Fsp3) is 0.478. The maximum absolute atomic E-state index is 13.0. The van der Waals surface area contributed by atoms with Crippen LogP contribution in [0.5, 0.6) is 0 Å². The molecule has 0 N–H and O–H groups in total. The lowest BCUT2D eigenvalue weighted by Crippen LogP contribution is -2.47. The maximum atomic E-state index is 13.0. The van der Waals surface area contributed by atoms with Crippen molar-refractivity contribution in [3.05, 3.63) is 64.4 Å². The Hall–Kier alpha value is -1.95. The second-order valence-corrected chi connectivity index (χ2v) is 8.25. The van der Waals surface area contributed by atoms with E-state index >= 15 is 0 Å². The number of hydrogen-bond donors (Lipinski definition) is 0. The molecule has 0 aliphatic carbocycles. The molecule has 3 heterocycles. The average molecular weight is 414 g/mol. The van der Waals surface area contributed by atoms with Crippen LogP contribution in [0.2, 0.25) is 5.02 Å². The molecule has 0 spiro atoms. The molecular formula is C23H28ClN3O2. The highest BCUT2D eigenvalue weighted by Crippen LogP contribution is 2.31. The molecule has 2 saturated heterocycles. The third-order valence-electron chi connectivity index (χ3n) is 5.85. The lowest BCUT2D eigenvalue weighted by molar-refractivity contribution is -0.137. The fourth-order valence-electron chi connectivity index (χ4n) is 4.19. The zero-order chi connectivity index (χ0) is 20.1. The van der Waals surface area contributed by atoms with Crippen LogP contribution in [0.1, 0.15) is 42.1 Å². The van der Waals surface area contributed by atoms with Gasteiger partial charge in [0.25, 0.3) is 0 Å². The van der Waals surface area contributed by atoms with Gasteiger partial charge in [-0.2, -0.15) is 0 Å². The summed E-state index contributed by atoms with van der Waals surface area (Å²) >= 11 is 6.28. The molecule has 0 saturated carbocycles. The van der Waals surface area contributed by atoms with Crippen LogP contribution in [0.4, 0.5) is 0 Å². The summed E-state index contributed by atoms with van der Waals surface area (Å²) < 4.78 is 5.40. The molecule has 0 radical (unpaired) electrons. The van der Waals surface area contributed by atoms with E-state index in [1.165, 1.54) is 0 Å². The first-order valence-corrected chi connectivity index (χ1v) is 10.9. The summed E-state index contributed by atoms with van der Waals surface area (Å²) in [6.45, 7) is 4.42. The van der Waals surface area contributed by atoms with Crippen LogP contribution in [0.15, 0.2) is 42.6 Å². The number of piperidine rings is 1. The number of halogens is 1. The summed E-state index contributed by atoms with van der Waals surface area (Å²) in [5.74, 6) is 0.219. The smallest absolute Gasteiger partial charge is 0.237 e.